The second-order valence-electron chi connectivity index (χ2n) is 5.44. The molecular formula is C17H22O5. The van der Waals surface area contributed by atoms with Gasteiger partial charge in [-0.15, -0.1) is 0 Å². The van der Waals surface area contributed by atoms with Crippen molar-refractivity contribution in [1.82, 2.24) is 0 Å². The Morgan fingerprint density at radius 1 is 1.14 bits per heavy atom. The van der Waals surface area contributed by atoms with Gasteiger partial charge in [0.15, 0.2) is 12.6 Å². The zero-order valence-electron chi connectivity index (χ0n) is 12.8. The molecule has 5 nitrogen and oxygen atoms in total. The molecule has 2 aliphatic rings. The molecule has 2 heterocycles. The molecule has 0 spiro atoms. The first-order chi connectivity index (χ1) is 10.7. The van der Waals surface area contributed by atoms with Crippen LogP contribution in [-0.4, -0.2) is 42.6 Å². The standard InChI is InChI=1S/C17H22O5/c1-3-19-11(2)20-14-10-9-13(18)16(21-14)17-15(22-17)12-7-5-4-6-8-12/h4-11,13-18H,3H2,1-2H3/t11?,13-,14+,15+,16+,17-/m0/s1. The lowest BCUT2D eigenvalue weighted by Gasteiger charge is -2.30. The Labute approximate surface area is 130 Å². The Morgan fingerprint density at radius 2 is 1.91 bits per heavy atom. The van der Waals surface area contributed by atoms with Crippen molar-refractivity contribution in [3.8, 4) is 0 Å². The SMILES string of the molecule is CCOC(C)O[C@H]1C=C[C@H](O)[C@H]([C@H]2O[C@@H]2c2ccccc2)O1. The highest BCUT2D eigenvalue weighted by Gasteiger charge is 2.50. The van der Waals surface area contributed by atoms with Crippen LogP contribution >= 0.6 is 0 Å². The summed E-state index contributed by atoms with van der Waals surface area (Å²) in [5.74, 6) is 0. The molecule has 0 aliphatic carbocycles. The Balaban J connectivity index is 1.59. The number of rotatable bonds is 6. The van der Waals surface area contributed by atoms with Crippen molar-refractivity contribution in [2.75, 3.05) is 6.61 Å². The second kappa shape index (κ2) is 6.89. The van der Waals surface area contributed by atoms with Gasteiger partial charge in [0.25, 0.3) is 0 Å². The van der Waals surface area contributed by atoms with Gasteiger partial charge < -0.3 is 24.1 Å². The molecule has 5 heteroatoms. The summed E-state index contributed by atoms with van der Waals surface area (Å²) in [7, 11) is 0. The molecule has 1 aromatic carbocycles. The summed E-state index contributed by atoms with van der Waals surface area (Å²) >= 11 is 0. The minimum Gasteiger partial charge on any atom is -0.386 e. The molecule has 1 unspecified atom stereocenters. The quantitative estimate of drug-likeness (QED) is 0.496. The van der Waals surface area contributed by atoms with Gasteiger partial charge in [-0.3, -0.25) is 0 Å². The molecular weight excluding hydrogens is 284 g/mol. The number of epoxide rings is 1. The van der Waals surface area contributed by atoms with Gasteiger partial charge in [0.1, 0.15) is 24.4 Å². The third-order valence-corrected chi connectivity index (χ3v) is 3.80. The summed E-state index contributed by atoms with van der Waals surface area (Å²) in [5.41, 5.74) is 1.10. The Kier molecular flexibility index (Phi) is 4.90. The van der Waals surface area contributed by atoms with Crippen molar-refractivity contribution in [3.05, 3.63) is 48.0 Å². The maximum atomic E-state index is 10.1. The fourth-order valence-electron chi connectivity index (χ4n) is 2.69. The lowest BCUT2D eigenvalue weighted by atomic mass is 10.0. The summed E-state index contributed by atoms with van der Waals surface area (Å²) in [6, 6.07) is 9.94. The maximum Gasteiger partial charge on any atom is 0.180 e. The molecule has 1 N–H and O–H groups in total. The maximum absolute atomic E-state index is 10.1. The average Bonchev–Trinajstić information content (AvgIpc) is 3.31. The largest absolute Gasteiger partial charge is 0.386 e. The van der Waals surface area contributed by atoms with E-state index >= 15 is 0 Å². The monoisotopic (exact) mass is 306 g/mol. The molecule has 1 saturated heterocycles. The van der Waals surface area contributed by atoms with E-state index in [1.807, 2.05) is 44.2 Å². The molecule has 0 amide bonds. The van der Waals surface area contributed by atoms with Crippen LogP contribution in [0.5, 0.6) is 0 Å². The lowest BCUT2D eigenvalue weighted by Crippen LogP contribution is -2.41. The summed E-state index contributed by atoms with van der Waals surface area (Å²) in [6.45, 7) is 4.30. The van der Waals surface area contributed by atoms with E-state index in [2.05, 4.69) is 0 Å². The smallest absolute Gasteiger partial charge is 0.180 e. The molecule has 6 atom stereocenters. The van der Waals surface area contributed by atoms with Crippen LogP contribution in [0.25, 0.3) is 0 Å². The zero-order chi connectivity index (χ0) is 15.5. The van der Waals surface area contributed by atoms with E-state index in [4.69, 9.17) is 18.9 Å². The topological polar surface area (TPSA) is 60.5 Å². The lowest BCUT2D eigenvalue weighted by molar-refractivity contribution is -0.246. The zero-order valence-corrected chi connectivity index (χ0v) is 12.8. The number of ether oxygens (including phenoxy) is 4. The molecule has 1 fully saturated rings. The Bertz CT molecular complexity index is 503. The predicted molar refractivity (Wildman–Crippen MR) is 80.0 cm³/mol. The van der Waals surface area contributed by atoms with E-state index in [1.165, 1.54) is 0 Å². The second-order valence-corrected chi connectivity index (χ2v) is 5.44. The Hall–Kier alpha value is -1.24. The minimum atomic E-state index is -0.694. The van der Waals surface area contributed by atoms with Gasteiger partial charge in [0, 0.05) is 6.61 Å². The van der Waals surface area contributed by atoms with E-state index in [-0.39, 0.29) is 18.5 Å². The normalized spacial score (nSPS) is 35.3. The van der Waals surface area contributed by atoms with E-state index in [0.717, 1.165) is 5.56 Å². The summed E-state index contributed by atoms with van der Waals surface area (Å²) in [4.78, 5) is 0. The van der Waals surface area contributed by atoms with E-state index in [0.29, 0.717) is 6.61 Å². The van der Waals surface area contributed by atoms with E-state index in [1.54, 1.807) is 12.2 Å². The van der Waals surface area contributed by atoms with Gasteiger partial charge in [-0.25, -0.2) is 0 Å². The van der Waals surface area contributed by atoms with Crippen molar-refractivity contribution < 1.29 is 24.1 Å². The molecule has 0 aromatic heterocycles. The first kappa shape index (κ1) is 15.6. The number of hydrogen-bond donors (Lipinski definition) is 1. The third kappa shape index (κ3) is 3.56. The van der Waals surface area contributed by atoms with Crippen molar-refractivity contribution in [3.63, 3.8) is 0 Å². The van der Waals surface area contributed by atoms with Gasteiger partial charge >= 0.3 is 0 Å². The highest BCUT2D eigenvalue weighted by Crippen LogP contribution is 2.43. The predicted octanol–water partition coefficient (Wildman–Crippen LogP) is 2.17. The van der Waals surface area contributed by atoms with Crippen molar-refractivity contribution >= 4 is 0 Å². The fraction of sp³-hybridized carbons (Fsp3) is 0.529. The molecule has 0 saturated carbocycles. The molecule has 0 radical (unpaired) electrons. The van der Waals surface area contributed by atoms with Crippen LogP contribution in [-0.2, 0) is 18.9 Å². The minimum absolute atomic E-state index is 0.0303. The van der Waals surface area contributed by atoms with Crippen LogP contribution in [0.2, 0.25) is 0 Å². The van der Waals surface area contributed by atoms with Gasteiger partial charge in [-0.1, -0.05) is 36.4 Å². The van der Waals surface area contributed by atoms with Crippen molar-refractivity contribution in [2.45, 2.75) is 50.8 Å². The molecule has 3 rings (SSSR count). The van der Waals surface area contributed by atoms with Gasteiger partial charge in [-0.05, 0) is 25.5 Å². The molecule has 120 valence electrons. The molecule has 22 heavy (non-hydrogen) atoms. The third-order valence-electron chi connectivity index (χ3n) is 3.80. The number of benzene rings is 1. The Morgan fingerprint density at radius 3 is 2.64 bits per heavy atom. The van der Waals surface area contributed by atoms with Crippen LogP contribution < -0.4 is 0 Å². The number of aliphatic hydroxyl groups is 1. The summed E-state index contributed by atoms with van der Waals surface area (Å²) in [6.07, 6.45) is 1.19. The summed E-state index contributed by atoms with van der Waals surface area (Å²) < 4.78 is 22.5. The van der Waals surface area contributed by atoms with Crippen LogP contribution in [0.15, 0.2) is 42.5 Å². The first-order valence-electron chi connectivity index (χ1n) is 7.68. The highest BCUT2D eigenvalue weighted by atomic mass is 16.8. The van der Waals surface area contributed by atoms with Crippen molar-refractivity contribution in [1.29, 1.82) is 0 Å². The van der Waals surface area contributed by atoms with Crippen LogP contribution in [0.1, 0.15) is 25.5 Å². The molecule has 1 aromatic rings. The van der Waals surface area contributed by atoms with E-state index in [9.17, 15) is 5.11 Å². The first-order valence-corrected chi connectivity index (χ1v) is 7.68. The fourth-order valence-corrected chi connectivity index (χ4v) is 2.69. The average molecular weight is 306 g/mol. The van der Waals surface area contributed by atoms with Crippen LogP contribution in [0.4, 0.5) is 0 Å². The number of hydrogen-bond acceptors (Lipinski definition) is 5. The van der Waals surface area contributed by atoms with Crippen LogP contribution in [0, 0.1) is 0 Å². The summed E-state index contributed by atoms with van der Waals surface area (Å²) in [5, 5.41) is 10.1. The highest BCUT2D eigenvalue weighted by molar-refractivity contribution is 5.24. The molecule has 2 aliphatic heterocycles. The number of aliphatic hydroxyl groups excluding tert-OH is 1. The van der Waals surface area contributed by atoms with Crippen molar-refractivity contribution in [2.24, 2.45) is 0 Å². The van der Waals surface area contributed by atoms with Gasteiger partial charge in [-0.2, -0.15) is 0 Å². The van der Waals surface area contributed by atoms with Gasteiger partial charge in [0.05, 0.1) is 0 Å². The van der Waals surface area contributed by atoms with Gasteiger partial charge in [0.2, 0.25) is 0 Å². The van der Waals surface area contributed by atoms with Crippen LogP contribution in [0.3, 0.4) is 0 Å². The van der Waals surface area contributed by atoms with E-state index < -0.39 is 18.5 Å². The molecule has 0 bridgehead atoms.